The van der Waals surface area contributed by atoms with Crippen molar-refractivity contribution < 1.29 is 18.3 Å². The second kappa shape index (κ2) is 7.61. The molecular formula is C19H16F2N2O2S. The minimum Gasteiger partial charge on any atom is -0.463 e. The Bertz CT molecular complexity index is 864. The van der Waals surface area contributed by atoms with Gasteiger partial charge in [0.1, 0.15) is 11.6 Å². The molecule has 1 aliphatic rings. The molecule has 1 atom stereocenters. The minimum atomic E-state index is -1.11. The van der Waals surface area contributed by atoms with Gasteiger partial charge in [0.2, 0.25) is 0 Å². The fraction of sp³-hybridized carbons (Fsp3) is 0.158. The molecule has 26 heavy (non-hydrogen) atoms. The Morgan fingerprint density at radius 3 is 2.38 bits per heavy atom. The van der Waals surface area contributed by atoms with E-state index in [0.29, 0.717) is 11.3 Å². The minimum absolute atomic E-state index is 0.0654. The molecule has 0 amide bonds. The van der Waals surface area contributed by atoms with E-state index in [4.69, 9.17) is 17.0 Å². The van der Waals surface area contributed by atoms with Gasteiger partial charge < -0.3 is 15.4 Å². The van der Waals surface area contributed by atoms with E-state index in [9.17, 15) is 13.6 Å². The number of nitrogens with one attached hydrogen (secondary N) is 2. The van der Waals surface area contributed by atoms with E-state index >= 15 is 0 Å². The van der Waals surface area contributed by atoms with Crippen LogP contribution in [0.25, 0.3) is 5.70 Å². The SMILES string of the molecule is CCOC(=O)C1=C(c2ccccc2)NC(=S)N[C@@H]1c1c(F)cccc1F. The first kappa shape index (κ1) is 18.0. The van der Waals surface area contributed by atoms with Crippen LogP contribution in [0.5, 0.6) is 0 Å². The summed E-state index contributed by atoms with van der Waals surface area (Å²) in [6, 6.07) is 11.4. The van der Waals surface area contributed by atoms with Gasteiger partial charge in [-0.15, -0.1) is 0 Å². The molecule has 3 rings (SSSR count). The molecule has 4 nitrogen and oxygen atoms in total. The number of rotatable bonds is 4. The first-order valence-electron chi connectivity index (χ1n) is 8.01. The number of hydrogen-bond donors (Lipinski definition) is 2. The summed E-state index contributed by atoms with van der Waals surface area (Å²) in [5.74, 6) is -2.23. The Morgan fingerprint density at radius 2 is 1.77 bits per heavy atom. The van der Waals surface area contributed by atoms with Crippen LogP contribution < -0.4 is 10.6 Å². The normalized spacial score (nSPS) is 16.7. The van der Waals surface area contributed by atoms with E-state index in [1.807, 2.05) is 6.07 Å². The van der Waals surface area contributed by atoms with E-state index in [0.717, 1.165) is 12.1 Å². The predicted molar refractivity (Wildman–Crippen MR) is 98.0 cm³/mol. The van der Waals surface area contributed by atoms with Crippen LogP contribution in [0, 0.1) is 11.6 Å². The molecule has 1 aliphatic heterocycles. The maximum absolute atomic E-state index is 14.4. The molecule has 0 radical (unpaired) electrons. The van der Waals surface area contributed by atoms with Crippen molar-refractivity contribution in [2.45, 2.75) is 13.0 Å². The van der Waals surface area contributed by atoms with Crippen LogP contribution in [0.15, 0.2) is 54.1 Å². The van der Waals surface area contributed by atoms with Crippen LogP contribution in [0.3, 0.4) is 0 Å². The quantitative estimate of drug-likeness (QED) is 0.634. The van der Waals surface area contributed by atoms with E-state index < -0.39 is 23.6 Å². The third-order valence-corrected chi connectivity index (χ3v) is 4.14. The zero-order valence-electron chi connectivity index (χ0n) is 13.9. The highest BCUT2D eigenvalue weighted by Gasteiger charge is 2.36. The average molecular weight is 374 g/mol. The highest BCUT2D eigenvalue weighted by Crippen LogP contribution is 2.34. The number of ether oxygens (including phenoxy) is 1. The van der Waals surface area contributed by atoms with Crippen LogP contribution >= 0.6 is 12.2 Å². The Balaban J connectivity index is 2.24. The number of carbonyl (C=O) groups is 1. The van der Waals surface area contributed by atoms with Gasteiger partial charge in [-0.2, -0.15) is 0 Å². The number of halogens is 2. The maximum Gasteiger partial charge on any atom is 0.338 e. The van der Waals surface area contributed by atoms with Gasteiger partial charge in [-0.25, -0.2) is 13.6 Å². The lowest BCUT2D eigenvalue weighted by atomic mass is 9.92. The van der Waals surface area contributed by atoms with Crippen LogP contribution in [-0.4, -0.2) is 17.7 Å². The molecule has 0 spiro atoms. The number of carbonyl (C=O) groups excluding carboxylic acids is 1. The second-order valence-corrected chi connectivity index (χ2v) is 5.95. The number of esters is 1. The van der Waals surface area contributed by atoms with Gasteiger partial charge in [-0.3, -0.25) is 0 Å². The smallest absolute Gasteiger partial charge is 0.338 e. The predicted octanol–water partition coefficient (Wildman–Crippen LogP) is 3.46. The summed E-state index contributed by atoms with van der Waals surface area (Å²) in [5, 5.41) is 5.86. The lowest BCUT2D eigenvalue weighted by Gasteiger charge is -2.31. The zero-order valence-corrected chi connectivity index (χ0v) is 14.7. The van der Waals surface area contributed by atoms with Crippen LogP contribution in [0.4, 0.5) is 8.78 Å². The van der Waals surface area contributed by atoms with Crippen LogP contribution in [0.2, 0.25) is 0 Å². The fourth-order valence-electron chi connectivity index (χ4n) is 2.83. The van der Waals surface area contributed by atoms with Gasteiger partial charge in [0.05, 0.1) is 29.5 Å². The van der Waals surface area contributed by atoms with Gasteiger partial charge >= 0.3 is 5.97 Å². The summed E-state index contributed by atoms with van der Waals surface area (Å²) in [6.07, 6.45) is 0. The van der Waals surface area contributed by atoms with E-state index in [-0.39, 0.29) is 22.9 Å². The van der Waals surface area contributed by atoms with Crippen molar-refractivity contribution in [3.63, 3.8) is 0 Å². The van der Waals surface area contributed by atoms with Gasteiger partial charge in [0.25, 0.3) is 0 Å². The van der Waals surface area contributed by atoms with Crippen molar-refractivity contribution in [1.29, 1.82) is 0 Å². The van der Waals surface area contributed by atoms with Crippen LogP contribution in [-0.2, 0) is 9.53 Å². The van der Waals surface area contributed by atoms with Crippen molar-refractivity contribution in [3.05, 3.63) is 76.9 Å². The van der Waals surface area contributed by atoms with E-state index in [2.05, 4.69) is 10.6 Å². The highest BCUT2D eigenvalue weighted by molar-refractivity contribution is 7.80. The number of hydrogen-bond acceptors (Lipinski definition) is 3. The average Bonchev–Trinajstić information content (AvgIpc) is 2.62. The summed E-state index contributed by atoms with van der Waals surface area (Å²) >= 11 is 5.20. The lowest BCUT2D eigenvalue weighted by molar-refractivity contribution is -0.138. The van der Waals surface area contributed by atoms with Crippen molar-refractivity contribution in [3.8, 4) is 0 Å². The molecule has 2 aromatic carbocycles. The molecule has 7 heteroatoms. The molecule has 0 fully saturated rings. The molecule has 2 aromatic rings. The maximum atomic E-state index is 14.4. The summed E-state index contributed by atoms with van der Waals surface area (Å²) in [4.78, 5) is 12.6. The highest BCUT2D eigenvalue weighted by atomic mass is 32.1. The molecule has 0 saturated carbocycles. The largest absolute Gasteiger partial charge is 0.463 e. The molecule has 0 aliphatic carbocycles. The molecule has 1 heterocycles. The van der Waals surface area contributed by atoms with E-state index in [1.54, 1.807) is 31.2 Å². The van der Waals surface area contributed by atoms with Gasteiger partial charge in [-0.05, 0) is 36.8 Å². The fourth-order valence-corrected chi connectivity index (χ4v) is 3.05. The molecular weight excluding hydrogens is 358 g/mol. The monoisotopic (exact) mass is 374 g/mol. The third kappa shape index (κ3) is 3.43. The topological polar surface area (TPSA) is 50.4 Å². The number of benzene rings is 2. The Hall–Kier alpha value is -2.80. The summed E-state index contributed by atoms with van der Waals surface area (Å²) in [6.45, 7) is 1.79. The van der Waals surface area contributed by atoms with Gasteiger partial charge in [0, 0.05) is 0 Å². The van der Waals surface area contributed by atoms with Crippen molar-refractivity contribution in [1.82, 2.24) is 10.6 Å². The van der Waals surface area contributed by atoms with Crippen molar-refractivity contribution >= 4 is 29.0 Å². The molecule has 0 bridgehead atoms. The van der Waals surface area contributed by atoms with Gasteiger partial charge in [0.15, 0.2) is 5.11 Å². The second-order valence-electron chi connectivity index (χ2n) is 5.54. The molecule has 0 aromatic heterocycles. The summed E-state index contributed by atoms with van der Waals surface area (Å²) in [7, 11) is 0. The standard InChI is InChI=1S/C19H16F2N2O2S/c1-2-25-18(24)15-16(11-7-4-3-5-8-11)22-19(26)23-17(15)14-12(20)9-6-10-13(14)21/h3-10,17H,2H2,1H3,(H2,22,23,26)/t17-/m1/s1. The van der Waals surface area contributed by atoms with Crippen LogP contribution in [0.1, 0.15) is 24.1 Å². The van der Waals surface area contributed by atoms with Crippen molar-refractivity contribution in [2.24, 2.45) is 0 Å². The van der Waals surface area contributed by atoms with E-state index in [1.165, 1.54) is 6.07 Å². The molecule has 2 N–H and O–H groups in total. The summed E-state index contributed by atoms with van der Waals surface area (Å²) in [5.41, 5.74) is 0.796. The van der Waals surface area contributed by atoms with Crippen molar-refractivity contribution in [2.75, 3.05) is 6.61 Å². The first-order valence-corrected chi connectivity index (χ1v) is 8.42. The molecule has 0 unspecified atom stereocenters. The molecule has 134 valence electrons. The van der Waals surface area contributed by atoms with Gasteiger partial charge in [-0.1, -0.05) is 36.4 Å². The Labute approximate surface area is 154 Å². The first-order chi connectivity index (χ1) is 12.5. The summed E-state index contributed by atoms with van der Waals surface area (Å²) < 4.78 is 33.9. The molecule has 0 saturated heterocycles. The zero-order chi connectivity index (χ0) is 18.7. The third-order valence-electron chi connectivity index (χ3n) is 3.92. The number of thiocarbonyl (C=S) groups is 1. The Kier molecular flexibility index (Phi) is 5.27. The Morgan fingerprint density at radius 1 is 1.12 bits per heavy atom. The lowest BCUT2D eigenvalue weighted by Crippen LogP contribution is -2.45.